The van der Waals surface area contributed by atoms with Crippen molar-refractivity contribution in [2.75, 3.05) is 4.90 Å². The van der Waals surface area contributed by atoms with Crippen LogP contribution >= 0.6 is 0 Å². The fourth-order valence-electron chi connectivity index (χ4n) is 4.94. The molecule has 0 N–H and O–H groups in total. The maximum Gasteiger partial charge on any atom is 0.270 e. The van der Waals surface area contributed by atoms with Gasteiger partial charge in [0.15, 0.2) is 5.78 Å². The predicted molar refractivity (Wildman–Crippen MR) is 113 cm³/mol. The molecule has 5 rings (SSSR count). The van der Waals surface area contributed by atoms with Gasteiger partial charge in [0.25, 0.3) is 5.69 Å². The Balaban J connectivity index is 1.32. The Bertz CT molecular complexity index is 1150. The Morgan fingerprint density at radius 1 is 1.00 bits per heavy atom. The maximum absolute atomic E-state index is 12.9. The number of fused-ring (bicyclic) bond motifs is 5. The number of nitro benzene ring substituents is 1. The van der Waals surface area contributed by atoms with E-state index in [9.17, 15) is 24.5 Å². The van der Waals surface area contributed by atoms with Gasteiger partial charge in [-0.05, 0) is 54.2 Å². The fraction of sp³-hybridized carbons (Fsp3) is 0.208. The van der Waals surface area contributed by atoms with Gasteiger partial charge in [0.05, 0.1) is 22.4 Å². The summed E-state index contributed by atoms with van der Waals surface area (Å²) in [5, 5.41) is 10.9. The zero-order valence-electron chi connectivity index (χ0n) is 16.4. The molecular formula is C24H18N2O5. The number of allylic oxidation sites excluding steroid dienone is 3. The normalized spacial score (nSPS) is 26.1. The number of anilines is 1. The summed E-state index contributed by atoms with van der Waals surface area (Å²) in [6, 6.07) is 12.4. The molecule has 31 heavy (non-hydrogen) atoms. The molecule has 0 aromatic heterocycles. The number of hydrogen-bond donors (Lipinski definition) is 0. The molecule has 1 saturated heterocycles. The van der Waals surface area contributed by atoms with Gasteiger partial charge in [-0.15, -0.1) is 0 Å². The molecule has 2 bridgehead atoms. The summed E-state index contributed by atoms with van der Waals surface area (Å²) in [6.07, 6.45) is 7.84. The van der Waals surface area contributed by atoms with E-state index in [0.717, 1.165) is 6.42 Å². The van der Waals surface area contributed by atoms with E-state index in [4.69, 9.17) is 0 Å². The van der Waals surface area contributed by atoms with Crippen LogP contribution in [0.3, 0.4) is 0 Å². The molecule has 7 heteroatoms. The molecule has 2 fully saturated rings. The number of rotatable bonds is 5. The molecule has 0 spiro atoms. The largest absolute Gasteiger partial charge is 0.289 e. The van der Waals surface area contributed by atoms with E-state index in [1.54, 1.807) is 36.4 Å². The second-order valence-corrected chi connectivity index (χ2v) is 8.11. The van der Waals surface area contributed by atoms with Crippen LogP contribution in [0.5, 0.6) is 0 Å². The topological polar surface area (TPSA) is 97.6 Å². The minimum atomic E-state index is -0.492. The number of non-ortho nitro benzene ring substituents is 1. The van der Waals surface area contributed by atoms with Gasteiger partial charge < -0.3 is 0 Å². The molecule has 2 amide bonds. The number of ketones is 1. The summed E-state index contributed by atoms with van der Waals surface area (Å²) >= 11 is 0. The van der Waals surface area contributed by atoms with Crippen LogP contribution in [-0.4, -0.2) is 22.5 Å². The number of nitro groups is 1. The number of carbonyl (C=O) groups excluding carboxylic acids is 3. The molecule has 4 atom stereocenters. The predicted octanol–water partition coefficient (Wildman–Crippen LogP) is 3.80. The lowest BCUT2D eigenvalue weighted by Crippen LogP contribution is -2.32. The Morgan fingerprint density at radius 3 is 2.26 bits per heavy atom. The number of benzene rings is 2. The highest BCUT2D eigenvalue weighted by atomic mass is 16.6. The van der Waals surface area contributed by atoms with Crippen LogP contribution < -0.4 is 4.90 Å². The molecule has 2 aliphatic carbocycles. The zero-order valence-corrected chi connectivity index (χ0v) is 16.4. The van der Waals surface area contributed by atoms with Crippen molar-refractivity contribution < 1.29 is 19.3 Å². The monoisotopic (exact) mass is 414 g/mol. The molecule has 2 aromatic carbocycles. The second kappa shape index (κ2) is 7.12. The van der Waals surface area contributed by atoms with Crippen LogP contribution in [0.1, 0.15) is 22.3 Å². The molecule has 0 radical (unpaired) electrons. The summed E-state index contributed by atoms with van der Waals surface area (Å²) in [4.78, 5) is 49.9. The summed E-state index contributed by atoms with van der Waals surface area (Å²) < 4.78 is 0. The van der Waals surface area contributed by atoms with Crippen LogP contribution in [0.2, 0.25) is 0 Å². The summed E-state index contributed by atoms with van der Waals surface area (Å²) in [7, 11) is 0. The first-order valence-corrected chi connectivity index (χ1v) is 10.1. The van der Waals surface area contributed by atoms with E-state index in [0.29, 0.717) is 16.8 Å². The minimum Gasteiger partial charge on any atom is -0.289 e. The Morgan fingerprint density at radius 2 is 1.65 bits per heavy atom. The van der Waals surface area contributed by atoms with E-state index >= 15 is 0 Å². The van der Waals surface area contributed by atoms with E-state index in [1.165, 1.54) is 29.2 Å². The van der Waals surface area contributed by atoms with E-state index in [-0.39, 0.29) is 47.0 Å². The second-order valence-electron chi connectivity index (χ2n) is 8.11. The van der Waals surface area contributed by atoms with Crippen LogP contribution in [0.4, 0.5) is 11.4 Å². The first-order valence-electron chi connectivity index (χ1n) is 10.1. The lowest BCUT2D eigenvalue weighted by molar-refractivity contribution is -0.384. The molecule has 1 heterocycles. The van der Waals surface area contributed by atoms with Gasteiger partial charge in [-0.2, -0.15) is 0 Å². The Hall–Kier alpha value is -3.87. The highest BCUT2D eigenvalue weighted by Gasteiger charge is 2.59. The SMILES string of the molecule is O=C(/C=C/c1cccc([N+](=O)[O-])c1)c1ccc(N2C(=O)[C@@H]3[C@@H](C2=O)[C@H]2C=C[C@@H]3C2)cc1. The summed E-state index contributed by atoms with van der Waals surface area (Å²) in [6.45, 7) is 0. The highest BCUT2D eigenvalue weighted by molar-refractivity contribution is 6.23. The number of imide groups is 1. The molecule has 1 saturated carbocycles. The van der Waals surface area contributed by atoms with Crippen molar-refractivity contribution in [1.82, 2.24) is 0 Å². The molecular weight excluding hydrogens is 396 g/mol. The van der Waals surface area contributed by atoms with Crippen molar-refractivity contribution in [2.45, 2.75) is 6.42 Å². The summed E-state index contributed by atoms with van der Waals surface area (Å²) in [5.41, 5.74) is 1.36. The van der Waals surface area contributed by atoms with Crippen molar-refractivity contribution in [3.8, 4) is 0 Å². The van der Waals surface area contributed by atoms with E-state index < -0.39 is 4.92 Å². The molecule has 7 nitrogen and oxygen atoms in total. The van der Waals surface area contributed by atoms with Gasteiger partial charge >= 0.3 is 0 Å². The van der Waals surface area contributed by atoms with Crippen LogP contribution in [-0.2, 0) is 9.59 Å². The highest BCUT2D eigenvalue weighted by Crippen LogP contribution is 2.53. The molecule has 154 valence electrons. The van der Waals surface area contributed by atoms with Crippen molar-refractivity contribution in [2.24, 2.45) is 23.7 Å². The minimum absolute atomic E-state index is 0.0488. The Labute approximate surface area is 177 Å². The van der Waals surface area contributed by atoms with Crippen molar-refractivity contribution in [3.05, 3.63) is 88.0 Å². The van der Waals surface area contributed by atoms with Crippen molar-refractivity contribution >= 4 is 35.0 Å². The van der Waals surface area contributed by atoms with Crippen molar-refractivity contribution in [1.29, 1.82) is 0 Å². The van der Waals surface area contributed by atoms with E-state index in [1.807, 2.05) is 0 Å². The zero-order chi connectivity index (χ0) is 21.7. The molecule has 2 aromatic rings. The third-order valence-corrected chi connectivity index (χ3v) is 6.39. The van der Waals surface area contributed by atoms with Gasteiger partial charge in [0.1, 0.15) is 0 Å². The first-order chi connectivity index (χ1) is 14.9. The van der Waals surface area contributed by atoms with Gasteiger partial charge in [0, 0.05) is 17.7 Å². The third kappa shape index (κ3) is 3.09. The quantitative estimate of drug-likeness (QED) is 0.185. The van der Waals surface area contributed by atoms with Crippen LogP contribution in [0, 0.1) is 33.8 Å². The lowest BCUT2D eigenvalue weighted by Gasteiger charge is -2.17. The lowest BCUT2D eigenvalue weighted by atomic mass is 9.85. The average molecular weight is 414 g/mol. The number of carbonyl (C=O) groups is 3. The number of nitrogens with zero attached hydrogens (tertiary/aromatic N) is 2. The van der Waals surface area contributed by atoms with Crippen LogP contribution in [0.15, 0.2) is 66.8 Å². The smallest absolute Gasteiger partial charge is 0.270 e. The van der Waals surface area contributed by atoms with Gasteiger partial charge in [-0.1, -0.05) is 30.4 Å². The van der Waals surface area contributed by atoms with Crippen molar-refractivity contribution in [3.63, 3.8) is 0 Å². The van der Waals surface area contributed by atoms with Gasteiger partial charge in [-0.25, -0.2) is 0 Å². The average Bonchev–Trinajstić information content (AvgIpc) is 3.46. The van der Waals surface area contributed by atoms with Gasteiger partial charge in [-0.3, -0.25) is 29.4 Å². The molecule has 0 unspecified atom stereocenters. The first kappa shape index (κ1) is 19.1. The van der Waals surface area contributed by atoms with Gasteiger partial charge in [0.2, 0.25) is 11.8 Å². The maximum atomic E-state index is 12.9. The number of amides is 2. The fourth-order valence-corrected chi connectivity index (χ4v) is 4.94. The van der Waals surface area contributed by atoms with E-state index in [2.05, 4.69) is 12.2 Å². The molecule has 3 aliphatic rings. The summed E-state index contributed by atoms with van der Waals surface area (Å²) in [5.74, 6) is -0.819. The Kier molecular flexibility index (Phi) is 4.39. The molecule has 1 aliphatic heterocycles. The third-order valence-electron chi connectivity index (χ3n) is 6.39. The van der Waals surface area contributed by atoms with Crippen LogP contribution in [0.25, 0.3) is 6.08 Å². The standard InChI is InChI=1S/C24H18N2O5/c27-20(11-4-14-2-1-3-19(12-14)26(30)31)15-7-9-18(10-8-15)25-23(28)21-16-5-6-17(13-16)22(21)24(25)29/h1-12,16-17,21-22H,13H2/b11-4+/t16-,17+,21-,22-/m0/s1. The number of hydrogen-bond acceptors (Lipinski definition) is 5.